The number of rotatable bonds is 7. The minimum absolute atomic E-state index is 0.253. The van der Waals surface area contributed by atoms with Crippen LogP contribution in [-0.4, -0.2) is 12.6 Å². The summed E-state index contributed by atoms with van der Waals surface area (Å²) in [7, 11) is 0. The molecule has 4 atom stereocenters. The van der Waals surface area contributed by atoms with Gasteiger partial charge in [0.25, 0.3) is 0 Å². The summed E-state index contributed by atoms with van der Waals surface area (Å²) in [5.74, 6) is 0.924. The van der Waals surface area contributed by atoms with Crippen molar-refractivity contribution in [1.29, 1.82) is 0 Å². The van der Waals surface area contributed by atoms with Gasteiger partial charge in [0.05, 0.1) is 6.61 Å². The number of hydrogen-bond acceptors (Lipinski definition) is 2. The molecule has 0 aliphatic heterocycles. The number of carbonyl (C=O) groups excluding carboxylic acids is 1. The summed E-state index contributed by atoms with van der Waals surface area (Å²) < 4.78 is 5.38. The Hall–Kier alpha value is -0.790. The van der Waals surface area contributed by atoms with E-state index in [-0.39, 0.29) is 11.4 Å². The number of esters is 1. The summed E-state index contributed by atoms with van der Waals surface area (Å²) in [6.07, 6.45) is 7.32. The van der Waals surface area contributed by atoms with Crippen molar-refractivity contribution < 1.29 is 9.53 Å². The highest BCUT2D eigenvalue weighted by atomic mass is 16.5. The molecule has 0 aromatic carbocycles. The SMILES string of the molecule is C=CC(=O)OCC1CC(CCC)C(C)(CC)C1(C)CC. The molecule has 0 saturated heterocycles. The first-order valence-electron chi connectivity index (χ1n) is 8.18. The first-order chi connectivity index (χ1) is 9.39. The molecular formula is C18H32O2. The molecular weight excluding hydrogens is 248 g/mol. The van der Waals surface area contributed by atoms with Crippen molar-refractivity contribution in [3.63, 3.8) is 0 Å². The van der Waals surface area contributed by atoms with Crippen LogP contribution in [0.3, 0.4) is 0 Å². The first-order valence-corrected chi connectivity index (χ1v) is 8.18. The number of carbonyl (C=O) groups is 1. The molecule has 0 spiro atoms. The van der Waals surface area contributed by atoms with Gasteiger partial charge in [-0.15, -0.1) is 0 Å². The Morgan fingerprint density at radius 2 is 1.75 bits per heavy atom. The minimum Gasteiger partial charge on any atom is -0.462 e. The molecule has 4 unspecified atom stereocenters. The Labute approximate surface area is 125 Å². The maximum absolute atomic E-state index is 11.4. The third-order valence-corrected chi connectivity index (χ3v) is 6.38. The molecule has 116 valence electrons. The van der Waals surface area contributed by atoms with Gasteiger partial charge in [-0.25, -0.2) is 4.79 Å². The quantitative estimate of drug-likeness (QED) is 0.485. The van der Waals surface area contributed by atoms with E-state index in [2.05, 4.69) is 41.2 Å². The summed E-state index contributed by atoms with van der Waals surface area (Å²) in [5, 5.41) is 0. The third kappa shape index (κ3) is 2.80. The van der Waals surface area contributed by atoms with Gasteiger partial charge in [-0.05, 0) is 41.9 Å². The maximum Gasteiger partial charge on any atom is 0.330 e. The van der Waals surface area contributed by atoms with Gasteiger partial charge in [-0.2, -0.15) is 0 Å². The molecule has 1 aliphatic carbocycles. The van der Waals surface area contributed by atoms with Gasteiger partial charge in [-0.1, -0.05) is 54.0 Å². The standard InChI is InChI=1S/C18H32O2/c1-7-11-14-12-15(13-20-16(19)8-2)18(6,10-4)17(14,5)9-3/h8,14-15H,2,7,9-13H2,1,3-6H3. The molecule has 0 aromatic rings. The summed E-state index contributed by atoms with van der Waals surface area (Å²) in [4.78, 5) is 11.4. The fraction of sp³-hybridized carbons (Fsp3) is 0.833. The van der Waals surface area contributed by atoms with Gasteiger partial charge < -0.3 is 4.74 Å². The summed E-state index contributed by atoms with van der Waals surface area (Å²) in [5.41, 5.74) is 0.603. The normalized spacial score (nSPS) is 36.9. The second-order valence-electron chi connectivity index (χ2n) is 6.79. The summed E-state index contributed by atoms with van der Waals surface area (Å²) >= 11 is 0. The predicted molar refractivity (Wildman–Crippen MR) is 84.5 cm³/mol. The van der Waals surface area contributed by atoms with Crippen LogP contribution in [0.15, 0.2) is 12.7 Å². The Kier molecular flexibility index (Phi) is 5.85. The molecule has 1 saturated carbocycles. The molecule has 1 fully saturated rings. The van der Waals surface area contributed by atoms with Crippen LogP contribution < -0.4 is 0 Å². The van der Waals surface area contributed by atoms with Crippen molar-refractivity contribution in [2.45, 2.75) is 66.7 Å². The average Bonchev–Trinajstić information content (AvgIpc) is 2.67. The zero-order valence-electron chi connectivity index (χ0n) is 14.0. The van der Waals surface area contributed by atoms with Crippen molar-refractivity contribution >= 4 is 5.97 Å². The van der Waals surface area contributed by atoms with E-state index in [0.717, 1.165) is 12.3 Å². The monoisotopic (exact) mass is 280 g/mol. The molecule has 0 heterocycles. The van der Waals surface area contributed by atoms with Crippen molar-refractivity contribution in [2.24, 2.45) is 22.7 Å². The minimum atomic E-state index is -0.291. The lowest BCUT2D eigenvalue weighted by molar-refractivity contribution is -0.140. The van der Waals surface area contributed by atoms with E-state index >= 15 is 0 Å². The Bertz CT molecular complexity index is 349. The number of hydrogen-bond donors (Lipinski definition) is 0. The van der Waals surface area contributed by atoms with E-state index in [4.69, 9.17) is 4.74 Å². The molecule has 2 heteroatoms. The van der Waals surface area contributed by atoms with Crippen molar-refractivity contribution in [3.8, 4) is 0 Å². The molecule has 0 radical (unpaired) electrons. The predicted octanol–water partition coefficient (Wildman–Crippen LogP) is 4.98. The molecule has 1 rings (SSSR count). The van der Waals surface area contributed by atoms with Crippen LogP contribution in [0.2, 0.25) is 0 Å². The lowest BCUT2D eigenvalue weighted by Gasteiger charge is -2.46. The van der Waals surface area contributed by atoms with Crippen LogP contribution in [0.1, 0.15) is 66.7 Å². The van der Waals surface area contributed by atoms with E-state index in [1.165, 1.54) is 31.8 Å². The smallest absolute Gasteiger partial charge is 0.330 e. The molecule has 2 nitrogen and oxygen atoms in total. The number of ether oxygens (including phenoxy) is 1. The third-order valence-electron chi connectivity index (χ3n) is 6.38. The van der Waals surface area contributed by atoms with Crippen LogP contribution in [0.4, 0.5) is 0 Å². The van der Waals surface area contributed by atoms with Gasteiger partial charge in [0, 0.05) is 6.08 Å². The van der Waals surface area contributed by atoms with E-state index in [1.54, 1.807) is 0 Å². The molecule has 20 heavy (non-hydrogen) atoms. The summed E-state index contributed by atoms with van der Waals surface area (Å²) in [6.45, 7) is 15.7. The molecule has 0 amide bonds. The van der Waals surface area contributed by atoms with Crippen LogP contribution >= 0.6 is 0 Å². The Morgan fingerprint density at radius 1 is 1.20 bits per heavy atom. The zero-order chi connectivity index (χ0) is 15.4. The Balaban J connectivity index is 2.95. The highest BCUT2D eigenvalue weighted by Crippen LogP contribution is 2.63. The van der Waals surface area contributed by atoms with Crippen molar-refractivity contribution in [1.82, 2.24) is 0 Å². The molecule has 0 bridgehead atoms. The van der Waals surface area contributed by atoms with E-state index in [9.17, 15) is 4.79 Å². The first kappa shape index (κ1) is 17.3. The van der Waals surface area contributed by atoms with Gasteiger partial charge in [-0.3, -0.25) is 0 Å². The fourth-order valence-electron chi connectivity index (χ4n) is 4.46. The van der Waals surface area contributed by atoms with Crippen LogP contribution in [0, 0.1) is 22.7 Å². The topological polar surface area (TPSA) is 26.3 Å². The van der Waals surface area contributed by atoms with Gasteiger partial charge in [0.2, 0.25) is 0 Å². The highest BCUT2D eigenvalue weighted by Gasteiger charge is 2.57. The van der Waals surface area contributed by atoms with Crippen molar-refractivity contribution in [3.05, 3.63) is 12.7 Å². The van der Waals surface area contributed by atoms with Crippen molar-refractivity contribution in [2.75, 3.05) is 6.61 Å². The fourth-order valence-corrected chi connectivity index (χ4v) is 4.46. The molecule has 0 N–H and O–H groups in total. The largest absolute Gasteiger partial charge is 0.462 e. The van der Waals surface area contributed by atoms with Crippen LogP contribution in [-0.2, 0) is 9.53 Å². The second-order valence-corrected chi connectivity index (χ2v) is 6.79. The highest BCUT2D eigenvalue weighted by molar-refractivity contribution is 5.81. The van der Waals surface area contributed by atoms with E-state index < -0.39 is 0 Å². The van der Waals surface area contributed by atoms with Gasteiger partial charge in [0.1, 0.15) is 0 Å². The van der Waals surface area contributed by atoms with Crippen LogP contribution in [0.5, 0.6) is 0 Å². The van der Waals surface area contributed by atoms with Gasteiger partial charge >= 0.3 is 5.97 Å². The van der Waals surface area contributed by atoms with Crippen LogP contribution in [0.25, 0.3) is 0 Å². The Morgan fingerprint density at radius 3 is 2.20 bits per heavy atom. The van der Waals surface area contributed by atoms with E-state index in [0.29, 0.717) is 17.9 Å². The average molecular weight is 280 g/mol. The lowest BCUT2D eigenvalue weighted by Crippen LogP contribution is -2.40. The van der Waals surface area contributed by atoms with E-state index in [1.807, 2.05) is 0 Å². The molecule has 0 aromatic heterocycles. The lowest BCUT2D eigenvalue weighted by atomic mass is 9.59. The molecule has 1 aliphatic rings. The maximum atomic E-state index is 11.4. The van der Waals surface area contributed by atoms with Gasteiger partial charge in [0.15, 0.2) is 0 Å². The zero-order valence-corrected chi connectivity index (χ0v) is 14.0. The second kappa shape index (κ2) is 6.78. The summed E-state index contributed by atoms with van der Waals surface area (Å²) in [6, 6.07) is 0.